The molecule has 0 aromatic heterocycles. The zero-order chi connectivity index (χ0) is 20.4. The van der Waals surface area contributed by atoms with Crippen LogP contribution in [-0.2, 0) is 14.2 Å². The molecule has 28 heavy (non-hydrogen) atoms. The molecule has 156 valence electrons. The van der Waals surface area contributed by atoms with Crippen LogP contribution in [0.15, 0.2) is 24.3 Å². The van der Waals surface area contributed by atoms with E-state index >= 15 is 0 Å². The Morgan fingerprint density at radius 2 is 1.32 bits per heavy atom. The van der Waals surface area contributed by atoms with Gasteiger partial charge in [0.05, 0.1) is 65.4 Å². The van der Waals surface area contributed by atoms with E-state index in [9.17, 15) is 9.59 Å². The molecule has 0 aliphatic carbocycles. The highest BCUT2D eigenvalue weighted by Gasteiger charge is 2.34. The molecule has 0 atom stereocenters. The minimum Gasteiger partial charge on any atom is -0.378 e. The lowest BCUT2D eigenvalue weighted by atomic mass is 10.1. The lowest BCUT2D eigenvalue weighted by Gasteiger charge is -2.14. The molecular formula is C20H31NO5SSi. The minimum atomic E-state index is -0.959. The summed E-state index contributed by atoms with van der Waals surface area (Å²) in [7, 11) is -0.959. The third-order valence-corrected chi connectivity index (χ3v) is 8.72. The zero-order valence-corrected chi connectivity index (χ0v) is 18.9. The van der Waals surface area contributed by atoms with Gasteiger partial charge in [-0.05, 0) is 17.5 Å². The maximum absolute atomic E-state index is 12.2. The number of hydrogen-bond donors (Lipinski definition) is 0. The number of ether oxygens (including phenoxy) is 3. The van der Waals surface area contributed by atoms with Crippen LogP contribution in [0.25, 0.3) is 0 Å². The highest BCUT2D eigenvalue weighted by Crippen LogP contribution is 2.21. The number of hydrogen-bond acceptors (Lipinski definition) is 6. The smallest absolute Gasteiger partial charge is 0.261 e. The van der Waals surface area contributed by atoms with Crippen LogP contribution in [0.4, 0.5) is 0 Å². The molecule has 1 aromatic carbocycles. The van der Waals surface area contributed by atoms with E-state index in [-0.39, 0.29) is 18.4 Å². The fraction of sp³-hybridized carbons (Fsp3) is 0.600. The maximum atomic E-state index is 12.2. The highest BCUT2D eigenvalue weighted by atomic mass is 32.2. The van der Waals surface area contributed by atoms with E-state index in [1.165, 1.54) is 10.3 Å². The van der Waals surface area contributed by atoms with E-state index in [2.05, 4.69) is 19.6 Å². The first-order chi connectivity index (χ1) is 13.4. The summed E-state index contributed by atoms with van der Waals surface area (Å²) in [4.78, 5) is 25.6. The van der Waals surface area contributed by atoms with Gasteiger partial charge in [-0.2, -0.15) is 11.8 Å². The summed E-state index contributed by atoms with van der Waals surface area (Å²) in [6.07, 6.45) is 0. The molecule has 0 radical (unpaired) electrons. The average Bonchev–Trinajstić information content (AvgIpc) is 2.89. The predicted octanol–water partition coefficient (Wildman–Crippen LogP) is 2.94. The molecule has 0 bridgehead atoms. The molecule has 1 aliphatic heterocycles. The fourth-order valence-corrected chi connectivity index (χ4v) is 5.90. The summed E-state index contributed by atoms with van der Waals surface area (Å²) in [5.41, 5.74) is 0.935. The summed E-state index contributed by atoms with van der Waals surface area (Å²) >= 11 is 1.97. The standard InChI is InChI=1S/C20H31NO5SSi/c1-28(2,3)16-27-15-14-26-13-12-25-11-10-24-9-8-21-19(22)17-6-4-5-7-18(17)20(21)23/h4-7H,8-16H2,1-3H3. The van der Waals surface area contributed by atoms with Crippen molar-refractivity contribution in [1.29, 1.82) is 0 Å². The Labute approximate surface area is 172 Å². The van der Waals surface area contributed by atoms with Crippen LogP contribution in [0.5, 0.6) is 0 Å². The summed E-state index contributed by atoms with van der Waals surface area (Å²) < 4.78 is 16.5. The first kappa shape index (κ1) is 23.1. The number of nitrogens with zero attached hydrogens (tertiary/aromatic N) is 1. The Bertz CT molecular complexity index is 615. The quantitative estimate of drug-likeness (QED) is 0.259. The molecule has 6 nitrogen and oxygen atoms in total. The Morgan fingerprint density at radius 3 is 1.86 bits per heavy atom. The van der Waals surface area contributed by atoms with Crippen LogP contribution in [-0.4, -0.2) is 82.1 Å². The van der Waals surface area contributed by atoms with Crippen molar-refractivity contribution in [3.63, 3.8) is 0 Å². The molecule has 1 heterocycles. The first-order valence-electron chi connectivity index (χ1n) is 9.66. The van der Waals surface area contributed by atoms with Crippen LogP contribution in [0.1, 0.15) is 20.7 Å². The van der Waals surface area contributed by atoms with Crippen molar-refractivity contribution < 1.29 is 23.8 Å². The van der Waals surface area contributed by atoms with Gasteiger partial charge in [-0.25, -0.2) is 0 Å². The number of carbonyl (C=O) groups is 2. The second-order valence-corrected chi connectivity index (χ2v) is 14.9. The monoisotopic (exact) mass is 425 g/mol. The molecule has 0 saturated heterocycles. The van der Waals surface area contributed by atoms with E-state index in [1.807, 2.05) is 11.8 Å². The normalized spacial score (nSPS) is 14.0. The Morgan fingerprint density at radius 1 is 0.821 bits per heavy atom. The first-order valence-corrected chi connectivity index (χ1v) is 14.5. The molecule has 0 saturated carbocycles. The molecule has 0 unspecified atom stereocenters. The zero-order valence-electron chi connectivity index (χ0n) is 17.1. The Kier molecular flexibility index (Phi) is 9.67. The maximum Gasteiger partial charge on any atom is 0.261 e. The van der Waals surface area contributed by atoms with E-state index in [1.54, 1.807) is 24.3 Å². The number of benzene rings is 1. The second-order valence-electron chi connectivity index (χ2n) is 7.76. The molecule has 1 aliphatic rings. The number of fused-ring (bicyclic) bond motifs is 1. The van der Waals surface area contributed by atoms with Gasteiger partial charge >= 0.3 is 0 Å². The van der Waals surface area contributed by atoms with Crippen molar-refractivity contribution in [3.8, 4) is 0 Å². The van der Waals surface area contributed by atoms with Crippen molar-refractivity contribution in [2.75, 3.05) is 57.3 Å². The van der Waals surface area contributed by atoms with Gasteiger partial charge in [-0.1, -0.05) is 31.8 Å². The second kappa shape index (κ2) is 11.7. The van der Waals surface area contributed by atoms with Crippen LogP contribution in [0, 0.1) is 0 Å². The summed E-state index contributed by atoms with van der Waals surface area (Å²) in [5.74, 6) is 0.534. The number of amides is 2. The van der Waals surface area contributed by atoms with Gasteiger partial charge < -0.3 is 14.2 Å². The van der Waals surface area contributed by atoms with Crippen molar-refractivity contribution in [2.45, 2.75) is 19.6 Å². The molecule has 2 amide bonds. The van der Waals surface area contributed by atoms with Crippen LogP contribution in [0.2, 0.25) is 19.6 Å². The van der Waals surface area contributed by atoms with Gasteiger partial charge in [-0.3, -0.25) is 14.5 Å². The van der Waals surface area contributed by atoms with E-state index in [0.717, 1.165) is 12.4 Å². The number of imide groups is 1. The molecule has 8 heteroatoms. The minimum absolute atomic E-state index is 0.249. The predicted molar refractivity (Wildman–Crippen MR) is 115 cm³/mol. The Balaban J connectivity index is 1.43. The molecule has 0 spiro atoms. The van der Waals surface area contributed by atoms with Gasteiger partial charge in [0.2, 0.25) is 0 Å². The van der Waals surface area contributed by atoms with Gasteiger partial charge in [0.1, 0.15) is 0 Å². The van der Waals surface area contributed by atoms with Crippen LogP contribution < -0.4 is 0 Å². The summed E-state index contributed by atoms with van der Waals surface area (Å²) in [5, 5.41) is 1.27. The van der Waals surface area contributed by atoms with Crippen molar-refractivity contribution in [3.05, 3.63) is 35.4 Å². The number of rotatable bonds is 14. The largest absolute Gasteiger partial charge is 0.378 e. The Hall–Kier alpha value is -1.19. The number of thioether (sulfide) groups is 1. The molecule has 1 aromatic rings. The van der Waals surface area contributed by atoms with Gasteiger partial charge in [-0.15, -0.1) is 0 Å². The van der Waals surface area contributed by atoms with E-state index < -0.39 is 8.07 Å². The van der Waals surface area contributed by atoms with E-state index in [4.69, 9.17) is 14.2 Å². The van der Waals surface area contributed by atoms with Crippen molar-refractivity contribution in [1.82, 2.24) is 4.90 Å². The van der Waals surface area contributed by atoms with E-state index in [0.29, 0.717) is 44.2 Å². The third-order valence-electron chi connectivity index (χ3n) is 3.99. The summed E-state index contributed by atoms with van der Waals surface area (Å²) in [6, 6.07) is 6.88. The summed E-state index contributed by atoms with van der Waals surface area (Å²) in [6.45, 7) is 10.5. The SMILES string of the molecule is C[Si](C)(C)CSCCOCCOCCOCCN1C(=O)c2ccccc2C1=O. The molecular weight excluding hydrogens is 394 g/mol. The van der Waals surface area contributed by atoms with Crippen LogP contribution >= 0.6 is 11.8 Å². The average molecular weight is 426 g/mol. The third kappa shape index (κ3) is 7.67. The topological polar surface area (TPSA) is 65.1 Å². The lowest BCUT2D eigenvalue weighted by molar-refractivity contribution is 0.0136. The lowest BCUT2D eigenvalue weighted by Crippen LogP contribution is -2.33. The fourth-order valence-electron chi connectivity index (χ4n) is 2.64. The molecule has 0 N–H and O–H groups in total. The molecule has 2 rings (SSSR count). The van der Waals surface area contributed by atoms with Crippen molar-refractivity contribution in [2.24, 2.45) is 0 Å². The van der Waals surface area contributed by atoms with Gasteiger partial charge in [0.15, 0.2) is 0 Å². The van der Waals surface area contributed by atoms with Gasteiger partial charge in [0.25, 0.3) is 11.8 Å². The molecule has 0 fully saturated rings. The van der Waals surface area contributed by atoms with Crippen LogP contribution in [0.3, 0.4) is 0 Å². The number of carbonyl (C=O) groups excluding carboxylic acids is 2. The van der Waals surface area contributed by atoms with Crippen molar-refractivity contribution >= 4 is 31.7 Å². The highest BCUT2D eigenvalue weighted by molar-refractivity contribution is 8.00. The van der Waals surface area contributed by atoms with Gasteiger partial charge in [0, 0.05) is 5.75 Å².